The lowest BCUT2D eigenvalue weighted by molar-refractivity contribution is 1.77. The molecule has 3 aromatic rings. The first kappa shape index (κ1) is 7.41. The largest absolute Gasteiger partial charge is 0.0616 e. The smallest absolute Gasteiger partial charge is 0.0406 e. The van der Waals surface area contributed by atoms with Gasteiger partial charge in [0, 0.05) is 10.8 Å². The maximum absolute atomic E-state index is 3.16. The van der Waals surface area contributed by atoms with Crippen molar-refractivity contribution in [2.45, 2.75) is 0 Å². The monoisotopic (exact) mass is 175 g/mol. The minimum Gasteiger partial charge on any atom is -0.0616 e. The lowest BCUT2D eigenvalue weighted by Gasteiger charge is -1.97. The van der Waals surface area contributed by atoms with E-state index < -0.39 is 0 Å². The Bertz CT molecular complexity index is 539. The van der Waals surface area contributed by atoms with E-state index in [4.69, 9.17) is 0 Å². The van der Waals surface area contributed by atoms with Crippen LogP contribution in [0.5, 0.6) is 0 Å². The average Bonchev–Trinajstić information content (AvgIpc) is 2.29. The van der Waals surface area contributed by atoms with E-state index in [0.29, 0.717) is 0 Å². The van der Waals surface area contributed by atoms with Gasteiger partial charge in [-0.3, -0.25) is 0 Å². The molecule has 1 radical (unpaired) electrons. The van der Waals surface area contributed by atoms with Crippen LogP contribution in [0.25, 0.3) is 21.5 Å². The molecule has 0 heterocycles. The maximum atomic E-state index is 3.16. The molecule has 0 fully saturated rings. The van der Waals surface area contributed by atoms with Gasteiger partial charge in [-0.2, -0.15) is 0 Å². The summed E-state index contributed by atoms with van der Waals surface area (Å²) in [7, 11) is 0. The number of hydrogen-bond donors (Lipinski definition) is 0. The highest BCUT2D eigenvalue weighted by molar-refractivity contribution is 6.05. The molecule has 0 saturated carbocycles. The molecular formula is C14H7. The molecule has 0 aliphatic rings. The van der Waals surface area contributed by atoms with Crippen LogP contribution in [-0.2, 0) is 0 Å². The third kappa shape index (κ3) is 0.963. The molecule has 0 aliphatic carbocycles. The fourth-order valence-electron chi connectivity index (χ4n) is 1.72. The normalized spacial score (nSPS) is 10.3. The standard InChI is InChI=1S/C14H7/c1-3-7-13-11(5-1)9-10-12-6-2-4-8-14(12)13/h1-5,7-8H. The highest BCUT2D eigenvalue weighted by Crippen LogP contribution is 2.21. The fourth-order valence-corrected chi connectivity index (χ4v) is 1.72. The second kappa shape index (κ2) is 2.75. The first-order chi connectivity index (χ1) is 6.95. The Labute approximate surface area is 82.8 Å². The van der Waals surface area contributed by atoms with Gasteiger partial charge in [-0.05, 0) is 22.9 Å². The molecule has 0 aromatic heterocycles. The Morgan fingerprint density at radius 2 is 1.64 bits per heavy atom. The van der Waals surface area contributed by atoms with Gasteiger partial charge in [-0.15, -0.1) is 0 Å². The highest BCUT2D eigenvalue weighted by Gasteiger charge is 1.96. The van der Waals surface area contributed by atoms with Gasteiger partial charge in [0.1, 0.15) is 0 Å². The summed E-state index contributed by atoms with van der Waals surface area (Å²) in [6, 6.07) is 23.6. The fraction of sp³-hybridized carbons (Fsp3) is 0. The van der Waals surface area contributed by atoms with Crippen molar-refractivity contribution in [1.82, 2.24) is 0 Å². The molecule has 0 spiro atoms. The summed E-state index contributed by atoms with van der Waals surface area (Å²) in [5.74, 6) is 0. The van der Waals surface area contributed by atoms with Crippen LogP contribution >= 0.6 is 0 Å². The molecule has 14 heavy (non-hydrogen) atoms. The van der Waals surface area contributed by atoms with Gasteiger partial charge in [0.05, 0.1) is 0 Å². The lowest BCUT2D eigenvalue weighted by atomic mass is 10.0. The molecule has 0 heteroatoms. The Hall–Kier alpha value is -2.00. The van der Waals surface area contributed by atoms with Crippen LogP contribution < -0.4 is 0 Å². The summed E-state index contributed by atoms with van der Waals surface area (Å²) in [4.78, 5) is 0. The maximum Gasteiger partial charge on any atom is 0.0406 e. The van der Waals surface area contributed by atoms with Crippen LogP contribution in [-0.4, -0.2) is 0 Å². The zero-order valence-corrected chi connectivity index (χ0v) is 7.54. The molecular weight excluding hydrogens is 168 g/mol. The summed E-state index contributed by atoms with van der Waals surface area (Å²) in [5, 5.41) is 4.53. The van der Waals surface area contributed by atoms with Crippen molar-refractivity contribution < 1.29 is 0 Å². The van der Waals surface area contributed by atoms with E-state index in [1.54, 1.807) is 0 Å². The number of hydrogen-bond acceptors (Lipinski definition) is 0. The van der Waals surface area contributed by atoms with Gasteiger partial charge >= 0.3 is 0 Å². The molecule has 0 aliphatic heterocycles. The molecule has 0 bridgehead atoms. The summed E-state index contributed by atoms with van der Waals surface area (Å²) < 4.78 is 0. The molecule has 0 N–H and O–H groups in total. The number of benzene rings is 2. The first-order valence-corrected chi connectivity index (χ1v) is 4.57. The van der Waals surface area contributed by atoms with Crippen LogP contribution in [0.15, 0.2) is 42.5 Å². The van der Waals surface area contributed by atoms with E-state index in [-0.39, 0.29) is 0 Å². The molecule has 0 amide bonds. The van der Waals surface area contributed by atoms with Gasteiger partial charge < -0.3 is 0 Å². The van der Waals surface area contributed by atoms with E-state index in [1.165, 1.54) is 10.8 Å². The zero-order chi connectivity index (χ0) is 9.38. The first-order valence-electron chi connectivity index (χ1n) is 4.57. The summed E-state index contributed by atoms with van der Waals surface area (Å²) in [6.45, 7) is 0. The molecule has 63 valence electrons. The van der Waals surface area contributed by atoms with Crippen LogP contribution in [0.1, 0.15) is 0 Å². The second-order valence-electron chi connectivity index (χ2n) is 3.25. The van der Waals surface area contributed by atoms with E-state index >= 15 is 0 Å². The Kier molecular flexibility index (Phi) is 1.46. The van der Waals surface area contributed by atoms with Crippen molar-refractivity contribution in [3.05, 3.63) is 60.7 Å². The number of rotatable bonds is 0. The highest BCUT2D eigenvalue weighted by atomic mass is 14.0. The Morgan fingerprint density at radius 1 is 0.786 bits per heavy atom. The SMILES string of the molecule is c1c2[c]cccc2c2ccccc2c#1. The minimum absolute atomic E-state index is 1.01. The van der Waals surface area contributed by atoms with Crippen molar-refractivity contribution >= 4 is 21.5 Å². The van der Waals surface area contributed by atoms with Crippen LogP contribution in [0.2, 0.25) is 0 Å². The van der Waals surface area contributed by atoms with Crippen molar-refractivity contribution in [2.75, 3.05) is 0 Å². The molecule has 0 unspecified atom stereocenters. The topological polar surface area (TPSA) is 0 Å². The van der Waals surface area contributed by atoms with E-state index in [1.807, 2.05) is 24.3 Å². The molecule has 3 aromatic carbocycles. The predicted molar refractivity (Wildman–Crippen MR) is 58.0 cm³/mol. The van der Waals surface area contributed by atoms with Gasteiger partial charge in [0.2, 0.25) is 0 Å². The van der Waals surface area contributed by atoms with Crippen molar-refractivity contribution in [3.8, 4) is 0 Å². The van der Waals surface area contributed by atoms with Crippen molar-refractivity contribution in [1.29, 1.82) is 0 Å². The van der Waals surface area contributed by atoms with Crippen LogP contribution in [0.3, 0.4) is 0 Å². The molecule has 3 rings (SSSR count). The second-order valence-corrected chi connectivity index (χ2v) is 3.25. The predicted octanol–water partition coefficient (Wildman–Crippen LogP) is 3.39. The van der Waals surface area contributed by atoms with Crippen LogP contribution in [0.4, 0.5) is 0 Å². The Balaban J connectivity index is 2.61. The average molecular weight is 175 g/mol. The van der Waals surface area contributed by atoms with Crippen LogP contribution in [0, 0.1) is 18.2 Å². The zero-order valence-electron chi connectivity index (χ0n) is 7.54. The molecule has 0 atom stereocenters. The quantitative estimate of drug-likeness (QED) is 0.491. The van der Waals surface area contributed by atoms with Gasteiger partial charge in [-0.25, -0.2) is 0 Å². The van der Waals surface area contributed by atoms with E-state index in [9.17, 15) is 0 Å². The summed E-state index contributed by atoms with van der Waals surface area (Å²) in [5.41, 5.74) is 0. The summed E-state index contributed by atoms with van der Waals surface area (Å²) >= 11 is 0. The van der Waals surface area contributed by atoms with Gasteiger partial charge in [0.25, 0.3) is 0 Å². The minimum atomic E-state index is 1.01. The van der Waals surface area contributed by atoms with Gasteiger partial charge in [0.15, 0.2) is 0 Å². The van der Waals surface area contributed by atoms with E-state index in [0.717, 1.165) is 10.8 Å². The molecule has 0 saturated heterocycles. The van der Waals surface area contributed by atoms with Crippen molar-refractivity contribution in [3.63, 3.8) is 0 Å². The van der Waals surface area contributed by atoms with Crippen molar-refractivity contribution in [2.24, 2.45) is 0 Å². The Morgan fingerprint density at radius 3 is 2.64 bits per heavy atom. The lowest BCUT2D eigenvalue weighted by Crippen LogP contribution is -1.74. The third-order valence-corrected chi connectivity index (χ3v) is 2.40. The van der Waals surface area contributed by atoms with E-state index in [2.05, 4.69) is 36.4 Å². The summed E-state index contributed by atoms with van der Waals surface area (Å²) in [6.07, 6.45) is 0. The van der Waals surface area contributed by atoms with Gasteiger partial charge in [-0.1, -0.05) is 48.5 Å². The third-order valence-electron chi connectivity index (χ3n) is 2.40. The number of fused-ring (bicyclic) bond motifs is 3. The molecule has 0 nitrogen and oxygen atoms in total.